The largest absolute Gasteiger partial charge is 0.312 e. The van der Waals surface area contributed by atoms with Crippen LogP contribution < -0.4 is 0 Å². The monoisotopic (exact) mass is 234 g/mol. The van der Waals surface area contributed by atoms with Crippen molar-refractivity contribution in [2.24, 2.45) is 0 Å². The molecule has 64 valence electrons. The number of hydrogen-bond donors (Lipinski definition) is 0. The molecule has 1 aromatic carbocycles. The van der Waals surface area contributed by atoms with Crippen molar-refractivity contribution in [3.8, 4) is 6.07 Å². The second-order valence-corrected chi connectivity index (χ2v) is 3.53. The highest BCUT2D eigenvalue weighted by Gasteiger charge is 2.00. The molecule has 0 fully saturated rings. The summed E-state index contributed by atoms with van der Waals surface area (Å²) >= 11 is 3.34. The number of benzene rings is 1. The fraction of sp³-hybridized carbons (Fsp3) is 0.200. The van der Waals surface area contributed by atoms with Gasteiger partial charge in [-0.15, -0.1) is 0 Å². The van der Waals surface area contributed by atoms with Crippen LogP contribution in [-0.4, -0.2) is 0 Å². The van der Waals surface area contributed by atoms with Crippen LogP contribution in [0.2, 0.25) is 0 Å². The zero-order chi connectivity index (χ0) is 9.68. The summed E-state index contributed by atoms with van der Waals surface area (Å²) in [5.74, 6) is 0. The van der Waals surface area contributed by atoms with Crippen molar-refractivity contribution in [2.45, 2.75) is 13.0 Å². The summed E-state index contributed by atoms with van der Waals surface area (Å²) in [6.07, 6.45) is 0.393. The molecule has 1 rings (SSSR count). The number of nitrogens with zero attached hydrogens (tertiary/aromatic N) is 2. The van der Waals surface area contributed by atoms with Crippen LogP contribution in [0, 0.1) is 17.9 Å². The molecular formula is C10H7BrN2. The van der Waals surface area contributed by atoms with Gasteiger partial charge in [-0.05, 0) is 23.8 Å². The zero-order valence-corrected chi connectivity index (χ0v) is 8.50. The number of nitriles is 1. The van der Waals surface area contributed by atoms with Gasteiger partial charge in [-0.25, -0.2) is 6.57 Å². The third-order valence-electron chi connectivity index (χ3n) is 1.56. The Bertz CT molecular complexity index is 351. The Morgan fingerprint density at radius 2 is 2.08 bits per heavy atom. The van der Waals surface area contributed by atoms with Gasteiger partial charge in [-0.1, -0.05) is 15.9 Å². The highest BCUT2D eigenvalue weighted by molar-refractivity contribution is 9.10. The van der Waals surface area contributed by atoms with Gasteiger partial charge in [0, 0.05) is 10.0 Å². The number of halogens is 1. The van der Waals surface area contributed by atoms with Gasteiger partial charge in [0.25, 0.3) is 0 Å². The Labute approximate surface area is 85.8 Å². The van der Waals surface area contributed by atoms with Gasteiger partial charge >= 0.3 is 0 Å². The Balaban J connectivity index is 2.99. The molecule has 0 aromatic heterocycles. The van der Waals surface area contributed by atoms with Gasteiger partial charge in [0.2, 0.25) is 6.54 Å². The minimum atomic E-state index is 0.373. The number of rotatable bonds is 2. The standard InChI is InChI=1S/C10H7BrN2/c1-13-7-9-4-8(2-3-12)5-10(11)6-9/h4-6H,2,7H2. The zero-order valence-electron chi connectivity index (χ0n) is 6.92. The van der Waals surface area contributed by atoms with Crippen molar-refractivity contribution in [1.82, 2.24) is 0 Å². The molecule has 0 N–H and O–H groups in total. The fourth-order valence-corrected chi connectivity index (χ4v) is 1.68. The first kappa shape index (κ1) is 9.77. The molecule has 1 aromatic rings. The summed E-state index contributed by atoms with van der Waals surface area (Å²) in [5, 5.41) is 8.51. The summed E-state index contributed by atoms with van der Waals surface area (Å²) in [4.78, 5) is 3.29. The van der Waals surface area contributed by atoms with Crippen LogP contribution >= 0.6 is 15.9 Å². The van der Waals surface area contributed by atoms with Crippen LogP contribution in [0.4, 0.5) is 0 Å². The van der Waals surface area contributed by atoms with E-state index in [1.165, 1.54) is 0 Å². The third kappa shape index (κ3) is 2.89. The van der Waals surface area contributed by atoms with E-state index in [4.69, 9.17) is 11.8 Å². The van der Waals surface area contributed by atoms with Crippen LogP contribution in [0.15, 0.2) is 22.7 Å². The Kier molecular flexibility index (Phi) is 3.49. The molecule has 3 heteroatoms. The Hall–Kier alpha value is -1.32. The predicted octanol–water partition coefficient (Wildman–Crippen LogP) is 2.93. The molecule has 0 amide bonds. The van der Waals surface area contributed by atoms with Crippen molar-refractivity contribution in [2.75, 3.05) is 0 Å². The highest BCUT2D eigenvalue weighted by atomic mass is 79.9. The fourth-order valence-electron chi connectivity index (χ4n) is 1.09. The summed E-state index contributed by atoms with van der Waals surface area (Å²) < 4.78 is 0.930. The van der Waals surface area contributed by atoms with E-state index < -0.39 is 0 Å². The lowest BCUT2D eigenvalue weighted by Gasteiger charge is -1.98. The van der Waals surface area contributed by atoms with Crippen LogP contribution in [0.5, 0.6) is 0 Å². The Morgan fingerprint density at radius 1 is 1.38 bits per heavy atom. The molecule has 0 spiro atoms. The van der Waals surface area contributed by atoms with E-state index in [0.717, 1.165) is 15.6 Å². The maximum absolute atomic E-state index is 8.51. The topological polar surface area (TPSA) is 28.1 Å². The van der Waals surface area contributed by atoms with E-state index in [1.54, 1.807) is 0 Å². The van der Waals surface area contributed by atoms with Gasteiger partial charge in [-0.2, -0.15) is 5.26 Å². The van der Waals surface area contributed by atoms with Crippen LogP contribution in [-0.2, 0) is 13.0 Å². The third-order valence-corrected chi connectivity index (χ3v) is 2.02. The van der Waals surface area contributed by atoms with Gasteiger partial charge in [-0.3, -0.25) is 0 Å². The maximum atomic E-state index is 8.51. The molecule has 0 aliphatic carbocycles. The molecule has 13 heavy (non-hydrogen) atoms. The summed E-state index contributed by atoms with van der Waals surface area (Å²) in [7, 11) is 0. The van der Waals surface area contributed by atoms with Crippen molar-refractivity contribution < 1.29 is 0 Å². The summed E-state index contributed by atoms with van der Waals surface area (Å²) in [6, 6.07) is 7.78. The smallest absolute Gasteiger partial charge is 0.239 e. The average Bonchev–Trinajstić information content (AvgIpc) is 2.04. The molecule has 0 aliphatic heterocycles. The Morgan fingerprint density at radius 3 is 2.69 bits per heavy atom. The van der Waals surface area contributed by atoms with Gasteiger partial charge in [0.1, 0.15) is 0 Å². The van der Waals surface area contributed by atoms with E-state index in [-0.39, 0.29) is 0 Å². The number of hydrogen-bond acceptors (Lipinski definition) is 1. The summed E-state index contributed by atoms with van der Waals surface area (Å²) in [5.41, 5.74) is 1.91. The quantitative estimate of drug-likeness (QED) is 0.724. The normalized spacial score (nSPS) is 8.85. The van der Waals surface area contributed by atoms with E-state index in [2.05, 4.69) is 26.8 Å². The molecule has 0 saturated carbocycles. The van der Waals surface area contributed by atoms with E-state index >= 15 is 0 Å². The van der Waals surface area contributed by atoms with Crippen LogP contribution in [0.25, 0.3) is 4.85 Å². The van der Waals surface area contributed by atoms with Crippen molar-refractivity contribution in [3.05, 3.63) is 45.2 Å². The average molecular weight is 235 g/mol. The van der Waals surface area contributed by atoms with Crippen LogP contribution in [0.1, 0.15) is 11.1 Å². The van der Waals surface area contributed by atoms with Crippen molar-refractivity contribution in [1.29, 1.82) is 5.26 Å². The molecular weight excluding hydrogens is 228 g/mol. The van der Waals surface area contributed by atoms with Gasteiger partial charge < -0.3 is 4.85 Å². The van der Waals surface area contributed by atoms with Gasteiger partial charge in [0.05, 0.1) is 12.5 Å². The first-order chi connectivity index (χ1) is 6.26. The SMILES string of the molecule is [C-]#[N+]Cc1cc(Br)cc(CC#N)c1. The summed E-state index contributed by atoms with van der Waals surface area (Å²) in [6.45, 7) is 7.10. The van der Waals surface area contributed by atoms with Gasteiger partial charge in [0.15, 0.2) is 0 Å². The van der Waals surface area contributed by atoms with E-state index in [0.29, 0.717) is 13.0 Å². The molecule has 0 heterocycles. The molecule has 0 atom stereocenters. The van der Waals surface area contributed by atoms with E-state index in [1.807, 2.05) is 18.2 Å². The first-order valence-corrected chi connectivity index (χ1v) is 4.54. The first-order valence-electron chi connectivity index (χ1n) is 3.75. The van der Waals surface area contributed by atoms with Crippen molar-refractivity contribution >= 4 is 15.9 Å². The lowest BCUT2D eigenvalue weighted by Crippen LogP contribution is -1.86. The molecule has 2 nitrogen and oxygen atoms in total. The second kappa shape index (κ2) is 4.64. The highest BCUT2D eigenvalue weighted by Crippen LogP contribution is 2.16. The maximum Gasteiger partial charge on any atom is 0.239 e. The molecule has 0 saturated heterocycles. The molecule has 0 aliphatic rings. The molecule has 0 radical (unpaired) electrons. The van der Waals surface area contributed by atoms with E-state index in [9.17, 15) is 0 Å². The minimum Gasteiger partial charge on any atom is -0.312 e. The molecule has 0 bridgehead atoms. The molecule has 0 unspecified atom stereocenters. The van der Waals surface area contributed by atoms with Crippen molar-refractivity contribution in [3.63, 3.8) is 0 Å². The lowest BCUT2D eigenvalue weighted by atomic mass is 10.1. The lowest BCUT2D eigenvalue weighted by molar-refractivity contribution is 1.19. The predicted molar refractivity (Wildman–Crippen MR) is 53.8 cm³/mol. The van der Waals surface area contributed by atoms with Crippen LogP contribution in [0.3, 0.4) is 0 Å². The minimum absolute atomic E-state index is 0.373. The second-order valence-electron chi connectivity index (χ2n) is 2.62.